The third-order valence-electron chi connectivity index (χ3n) is 3.52. The van der Waals surface area contributed by atoms with E-state index in [1.807, 2.05) is 0 Å². The largest absolute Gasteiger partial charge is 0.299 e. The molecule has 1 heterocycles. The van der Waals surface area contributed by atoms with Gasteiger partial charge in [-0.1, -0.05) is 29.8 Å². The zero-order chi connectivity index (χ0) is 12.5. The molecule has 1 aromatic rings. The van der Waals surface area contributed by atoms with Gasteiger partial charge in [0.1, 0.15) is 0 Å². The van der Waals surface area contributed by atoms with E-state index in [1.165, 1.54) is 11.1 Å². The second-order valence-corrected chi connectivity index (χ2v) is 7.25. The Bertz CT molecular complexity index is 368. The first kappa shape index (κ1) is 12.9. The van der Waals surface area contributed by atoms with Crippen LogP contribution in [0.25, 0.3) is 0 Å². The minimum atomic E-state index is -2.28. The SMILES string of the molecule is Cc1ccc(C(C)N2CCS(O)(O)CC2)cc1. The van der Waals surface area contributed by atoms with Crippen molar-refractivity contribution < 1.29 is 9.11 Å². The first-order valence-corrected chi connectivity index (χ1v) is 7.91. The van der Waals surface area contributed by atoms with E-state index in [-0.39, 0.29) is 0 Å². The number of nitrogens with zero attached hydrogens (tertiary/aromatic N) is 1. The molecule has 1 atom stereocenters. The lowest BCUT2D eigenvalue weighted by Gasteiger charge is -2.43. The second-order valence-electron chi connectivity index (χ2n) is 4.83. The highest BCUT2D eigenvalue weighted by Gasteiger charge is 2.25. The summed E-state index contributed by atoms with van der Waals surface area (Å²) in [7, 11) is -2.28. The van der Waals surface area contributed by atoms with Gasteiger partial charge in [-0.2, -0.15) is 10.6 Å². The van der Waals surface area contributed by atoms with Crippen LogP contribution in [0.2, 0.25) is 0 Å². The lowest BCUT2D eigenvalue weighted by Crippen LogP contribution is -2.39. The average Bonchev–Trinajstić information content (AvgIpc) is 2.29. The van der Waals surface area contributed by atoms with Crippen molar-refractivity contribution in [2.45, 2.75) is 19.9 Å². The molecule has 1 aliphatic heterocycles. The molecule has 1 saturated heterocycles. The van der Waals surface area contributed by atoms with Crippen LogP contribution in [-0.2, 0) is 0 Å². The van der Waals surface area contributed by atoms with Crippen molar-refractivity contribution in [2.75, 3.05) is 24.6 Å². The Labute approximate surface area is 105 Å². The predicted molar refractivity (Wildman–Crippen MR) is 73.7 cm³/mol. The fraction of sp³-hybridized carbons (Fsp3) is 0.538. The molecule has 1 fully saturated rings. The van der Waals surface area contributed by atoms with E-state index >= 15 is 0 Å². The van der Waals surface area contributed by atoms with Gasteiger partial charge in [0, 0.05) is 19.1 Å². The van der Waals surface area contributed by atoms with Gasteiger partial charge in [0.25, 0.3) is 0 Å². The van der Waals surface area contributed by atoms with Crippen LogP contribution in [0.5, 0.6) is 0 Å². The van der Waals surface area contributed by atoms with Crippen molar-refractivity contribution in [2.24, 2.45) is 0 Å². The van der Waals surface area contributed by atoms with Gasteiger partial charge in [-0.15, -0.1) is 0 Å². The first-order valence-electron chi connectivity index (χ1n) is 6.02. The Morgan fingerprint density at radius 2 is 1.65 bits per heavy atom. The molecular weight excluding hydrogens is 234 g/mol. The molecular formula is C13H21NO2S. The van der Waals surface area contributed by atoms with Crippen molar-refractivity contribution in [3.05, 3.63) is 35.4 Å². The van der Waals surface area contributed by atoms with Crippen LogP contribution in [-0.4, -0.2) is 38.6 Å². The van der Waals surface area contributed by atoms with Crippen molar-refractivity contribution in [1.29, 1.82) is 0 Å². The zero-order valence-corrected chi connectivity index (χ0v) is 11.3. The third kappa shape index (κ3) is 3.22. The van der Waals surface area contributed by atoms with E-state index in [9.17, 15) is 9.11 Å². The van der Waals surface area contributed by atoms with Gasteiger partial charge in [0.2, 0.25) is 0 Å². The van der Waals surface area contributed by atoms with Gasteiger partial charge < -0.3 is 0 Å². The van der Waals surface area contributed by atoms with E-state index in [4.69, 9.17) is 0 Å². The Balaban J connectivity index is 2.01. The Morgan fingerprint density at radius 3 is 2.18 bits per heavy atom. The Hall–Kier alpha value is -0.550. The number of hydrogen-bond acceptors (Lipinski definition) is 3. The monoisotopic (exact) mass is 255 g/mol. The molecule has 2 N–H and O–H groups in total. The van der Waals surface area contributed by atoms with Gasteiger partial charge in [-0.05, 0) is 19.4 Å². The molecule has 0 spiro atoms. The van der Waals surface area contributed by atoms with Crippen LogP contribution in [0.3, 0.4) is 0 Å². The van der Waals surface area contributed by atoms with Crippen LogP contribution >= 0.6 is 10.6 Å². The van der Waals surface area contributed by atoms with E-state index in [0.717, 1.165) is 13.1 Å². The Kier molecular flexibility index (Phi) is 3.78. The maximum Gasteiger partial charge on any atom is 0.0502 e. The molecule has 0 saturated carbocycles. The summed E-state index contributed by atoms with van der Waals surface area (Å²) in [4.78, 5) is 2.32. The minimum absolute atomic E-state index is 0.353. The van der Waals surface area contributed by atoms with E-state index in [2.05, 4.69) is 43.0 Å². The summed E-state index contributed by atoms with van der Waals surface area (Å²) >= 11 is 0. The molecule has 0 aliphatic carbocycles. The summed E-state index contributed by atoms with van der Waals surface area (Å²) in [5.41, 5.74) is 2.57. The van der Waals surface area contributed by atoms with Gasteiger partial charge in [-0.25, -0.2) is 0 Å². The lowest BCUT2D eigenvalue weighted by molar-refractivity contribution is 0.223. The molecule has 3 nitrogen and oxygen atoms in total. The molecule has 4 heteroatoms. The molecule has 1 aromatic carbocycles. The van der Waals surface area contributed by atoms with Crippen molar-refractivity contribution in [1.82, 2.24) is 4.90 Å². The zero-order valence-electron chi connectivity index (χ0n) is 10.5. The van der Waals surface area contributed by atoms with E-state index < -0.39 is 10.6 Å². The maximum atomic E-state index is 9.59. The molecule has 1 aliphatic rings. The fourth-order valence-electron chi connectivity index (χ4n) is 2.18. The molecule has 0 bridgehead atoms. The van der Waals surface area contributed by atoms with Gasteiger partial charge >= 0.3 is 0 Å². The molecule has 1 unspecified atom stereocenters. The number of hydrogen-bond donors (Lipinski definition) is 2. The molecule has 96 valence electrons. The Morgan fingerprint density at radius 1 is 1.12 bits per heavy atom. The van der Waals surface area contributed by atoms with Crippen molar-refractivity contribution in [3.8, 4) is 0 Å². The normalized spacial score (nSPS) is 24.2. The van der Waals surface area contributed by atoms with E-state index in [0.29, 0.717) is 17.5 Å². The van der Waals surface area contributed by atoms with Gasteiger partial charge in [0.05, 0.1) is 11.5 Å². The van der Waals surface area contributed by atoms with E-state index in [1.54, 1.807) is 0 Å². The predicted octanol–water partition coefficient (Wildman–Crippen LogP) is 3.12. The quantitative estimate of drug-likeness (QED) is 0.853. The van der Waals surface area contributed by atoms with Crippen molar-refractivity contribution in [3.63, 3.8) is 0 Å². The van der Waals surface area contributed by atoms with Crippen molar-refractivity contribution >= 4 is 10.6 Å². The summed E-state index contributed by atoms with van der Waals surface area (Å²) in [6.45, 7) is 5.82. The lowest BCUT2D eigenvalue weighted by atomic mass is 10.1. The first-order chi connectivity index (χ1) is 7.98. The summed E-state index contributed by atoms with van der Waals surface area (Å²) in [6.07, 6.45) is 0. The average molecular weight is 255 g/mol. The number of rotatable bonds is 2. The number of benzene rings is 1. The topological polar surface area (TPSA) is 43.7 Å². The molecule has 0 radical (unpaired) electrons. The standard InChI is InChI=1S/C13H21NO2S/c1-11-3-5-13(6-4-11)12(2)14-7-9-17(15,16)10-8-14/h3-6,12,15-16H,7-10H2,1-2H3. The summed E-state index contributed by atoms with van der Waals surface area (Å²) in [5.74, 6) is 1.03. The van der Waals surface area contributed by atoms with Crippen LogP contribution in [0, 0.1) is 6.92 Å². The minimum Gasteiger partial charge on any atom is -0.299 e. The fourth-order valence-corrected chi connectivity index (χ4v) is 3.44. The maximum absolute atomic E-state index is 9.59. The molecule has 17 heavy (non-hydrogen) atoms. The molecule has 0 amide bonds. The van der Waals surface area contributed by atoms with Crippen LogP contribution in [0.15, 0.2) is 24.3 Å². The molecule has 0 aromatic heterocycles. The molecule has 2 rings (SSSR count). The van der Waals surface area contributed by atoms with Crippen LogP contribution in [0.1, 0.15) is 24.1 Å². The second kappa shape index (κ2) is 4.98. The van der Waals surface area contributed by atoms with Gasteiger partial charge in [0.15, 0.2) is 0 Å². The highest BCUT2D eigenvalue weighted by Crippen LogP contribution is 2.41. The summed E-state index contributed by atoms with van der Waals surface area (Å²) in [6, 6.07) is 8.93. The summed E-state index contributed by atoms with van der Waals surface area (Å²) < 4.78 is 19.2. The number of aryl methyl sites for hydroxylation is 1. The highest BCUT2D eigenvalue weighted by atomic mass is 32.3. The highest BCUT2D eigenvalue weighted by molar-refractivity contribution is 8.24. The van der Waals surface area contributed by atoms with Crippen LogP contribution < -0.4 is 0 Å². The van der Waals surface area contributed by atoms with Gasteiger partial charge in [-0.3, -0.25) is 14.0 Å². The third-order valence-corrected chi connectivity index (χ3v) is 5.19. The summed E-state index contributed by atoms with van der Waals surface area (Å²) in [5, 5.41) is 0. The van der Waals surface area contributed by atoms with Crippen LogP contribution in [0.4, 0.5) is 0 Å². The smallest absolute Gasteiger partial charge is 0.0502 e.